The number of ether oxygens (including phenoxy) is 1. The number of nitrogens with zero attached hydrogens (tertiary/aromatic N) is 2. The maximum absolute atomic E-state index is 12.7. The SMILES string of the molecule is CCC(CC)(C(=O)CCCC(C)N1CCOCC1)N(C)C. The van der Waals surface area contributed by atoms with Crippen LogP contribution in [0.5, 0.6) is 0 Å². The minimum atomic E-state index is -0.262. The monoisotopic (exact) mass is 298 g/mol. The van der Waals surface area contributed by atoms with Gasteiger partial charge in [0.1, 0.15) is 0 Å². The normalized spacial score (nSPS) is 19.0. The van der Waals surface area contributed by atoms with Crippen molar-refractivity contribution < 1.29 is 9.53 Å². The van der Waals surface area contributed by atoms with Crippen LogP contribution in [-0.2, 0) is 9.53 Å². The number of likely N-dealkylation sites (N-methyl/N-ethyl adjacent to an activating group) is 1. The second-order valence-electron chi connectivity index (χ2n) is 6.45. The highest BCUT2D eigenvalue weighted by Crippen LogP contribution is 2.25. The molecule has 0 N–H and O–H groups in total. The van der Waals surface area contributed by atoms with Gasteiger partial charge in [-0.25, -0.2) is 0 Å². The van der Waals surface area contributed by atoms with E-state index in [4.69, 9.17) is 4.74 Å². The Bertz CT molecular complexity index is 308. The zero-order valence-corrected chi connectivity index (χ0v) is 14.7. The topological polar surface area (TPSA) is 32.8 Å². The van der Waals surface area contributed by atoms with E-state index < -0.39 is 0 Å². The van der Waals surface area contributed by atoms with Crippen molar-refractivity contribution in [2.24, 2.45) is 0 Å². The van der Waals surface area contributed by atoms with E-state index in [0.717, 1.165) is 52.0 Å². The molecule has 4 nitrogen and oxygen atoms in total. The molecule has 1 aliphatic heterocycles. The van der Waals surface area contributed by atoms with E-state index >= 15 is 0 Å². The molecule has 1 aliphatic rings. The predicted octanol–water partition coefficient (Wildman–Crippen LogP) is 2.57. The van der Waals surface area contributed by atoms with Gasteiger partial charge in [-0.15, -0.1) is 0 Å². The van der Waals surface area contributed by atoms with E-state index in [9.17, 15) is 4.79 Å². The number of hydrogen-bond donors (Lipinski definition) is 0. The average molecular weight is 298 g/mol. The van der Waals surface area contributed by atoms with E-state index in [1.165, 1.54) is 0 Å². The van der Waals surface area contributed by atoms with Gasteiger partial charge in [-0.05, 0) is 46.7 Å². The number of carbonyl (C=O) groups is 1. The zero-order chi connectivity index (χ0) is 15.9. The summed E-state index contributed by atoms with van der Waals surface area (Å²) in [5, 5.41) is 0. The standard InChI is InChI=1S/C17H34N2O2/c1-6-17(7-2,18(4)5)16(20)10-8-9-15(3)19-11-13-21-14-12-19/h15H,6-14H2,1-5H3. The molecule has 0 radical (unpaired) electrons. The van der Waals surface area contributed by atoms with Gasteiger partial charge >= 0.3 is 0 Å². The molecule has 1 atom stereocenters. The molecule has 1 rings (SSSR count). The molecule has 1 fully saturated rings. The van der Waals surface area contributed by atoms with Crippen molar-refractivity contribution in [3.8, 4) is 0 Å². The van der Waals surface area contributed by atoms with Crippen LogP contribution in [0.4, 0.5) is 0 Å². The molecule has 0 spiro atoms. The molecule has 1 unspecified atom stereocenters. The smallest absolute Gasteiger partial charge is 0.153 e. The van der Waals surface area contributed by atoms with Crippen molar-refractivity contribution >= 4 is 5.78 Å². The van der Waals surface area contributed by atoms with Gasteiger partial charge in [-0.1, -0.05) is 13.8 Å². The van der Waals surface area contributed by atoms with E-state index in [0.29, 0.717) is 18.2 Å². The second kappa shape index (κ2) is 8.86. The van der Waals surface area contributed by atoms with Crippen molar-refractivity contribution in [1.82, 2.24) is 9.80 Å². The van der Waals surface area contributed by atoms with Crippen LogP contribution in [-0.4, -0.2) is 67.6 Å². The van der Waals surface area contributed by atoms with E-state index in [1.807, 2.05) is 14.1 Å². The van der Waals surface area contributed by atoms with Crippen molar-refractivity contribution in [3.05, 3.63) is 0 Å². The molecule has 0 aromatic carbocycles. The first-order valence-electron chi connectivity index (χ1n) is 8.50. The average Bonchev–Trinajstić information content (AvgIpc) is 2.49. The summed E-state index contributed by atoms with van der Waals surface area (Å²) in [6, 6.07) is 0.554. The highest BCUT2D eigenvalue weighted by atomic mass is 16.5. The third-order valence-electron chi connectivity index (χ3n) is 5.24. The van der Waals surface area contributed by atoms with Crippen LogP contribution >= 0.6 is 0 Å². The molecule has 1 heterocycles. The van der Waals surface area contributed by atoms with Crippen molar-refractivity contribution in [2.45, 2.75) is 64.5 Å². The minimum Gasteiger partial charge on any atom is -0.379 e. The molecular weight excluding hydrogens is 264 g/mol. The fraction of sp³-hybridized carbons (Fsp3) is 0.941. The van der Waals surface area contributed by atoms with Crippen LogP contribution in [0.25, 0.3) is 0 Å². The lowest BCUT2D eigenvalue weighted by molar-refractivity contribution is -0.130. The van der Waals surface area contributed by atoms with Gasteiger partial charge in [0.2, 0.25) is 0 Å². The number of morpholine rings is 1. The van der Waals surface area contributed by atoms with Gasteiger partial charge in [-0.3, -0.25) is 14.6 Å². The summed E-state index contributed by atoms with van der Waals surface area (Å²) in [6.07, 6.45) is 4.59. The number of carbonyl (C=O) groups excluding carboxylic acids is 1. The van der Waals surface area contributed by atoms with Gasteiger partial charge in [-0.2, -0.15) is 0 Å². The summed E-state index contributed by atoms with van der Waals surface area (Å²) in [7, 11) is 4.06. The molecule has 0 amide bonds. The molecule has 4 heteroatoms. The Labute approximate surface area is 130 Å². The number of ketones is 1. The van der Waals surface area contributed by atoms with Gasteiger partial charge in [0.05, 0.1) is 18.8 Å². The summed E-state index contributed by atoms with van der Waals surface area (Å²) >= 11 is 0. The lowest BCUT2D eigenvalue weighted by Crippen LogP contribution is -2.50. The van der Waals surface area contributed by atoms with Crippen molar-refractivity contribution in [3.63, 3.8) is 0 Å². The molecule has 0 aromatic rings. The van der Waals surface area contributed by atoms with Gasteiger partial charge in [0, 0.05) is 25.6 Å². The third-order valence-corrected chi connectivity index (χ3v) is 5.24. The molecular formula is C17H34N2O2. The summed E-state index contributed by atoms with van der Waals surface area (Å²) < 4.78 is 5.39. The van der Waals surface area contributed by atoms with Crippen LogP contribution in [0.15, 0.2) is 0 Å². The molecule has 21 heavy (non-hydrogen) atoms. The van der Waals surface area contributed by atoms with Crippen LogP contribution in [0.1, 0.15) is 52.9 Å². The maximum Gasteiger partial charge on any atom is 0.153 e. The summed E-state index contributed by atoms with van der Waals surface area (Å²) in [4.78, 5) is 17.2. The number of Topliss-reactive ketones (excluding diaryl/α,β-unsaturated/α-hetero) is 1. The molecule has 0 aromatic heterocycles. The lowest BCUT2D eigenvalue weighted by Gasteiger charge is -2.37. The molecule has 1 saturated heterocycles. The zero-order valence-electron chi connectivity index (χ0n) is 14.7. The Kier molecular flexibility index (Phi) is 7.85. The van der Waals surface area contributed by atoms with Crippen LogP contribution in [0.2, 0.25) is 0 Å². The Morgan fingerprint density at radius 3 is 2.29 bits per heavy atom. The first-order valence-corrected chi connectivity index (χ1v) is 8.50. The highest BCUT2D eigenvalue weighted by molar-refractivity contribution is 5.88. The molecule has 0 saturated carbocycles. The van der Waals surface area contributed by atoms with Crippen LogP contribution in [0, 0.1) is 0 Å². The van der Waals surface area contributed by atoms with Gasteiger partial charge in [0.15, 0.2) is 5.78 Å². The van der Waals surface area contributed by atoms with E-state index in [-0.39, 0.29) is 5.54 Å². The Hall–Kier alpha value is -0.450. The second-order valence-corrected chi connectivity index (χ2v) is 6.45. The fourth-order valence-electron chi connectivity index (χ4n) is 3.52. The van der Waals surface area contributed by atoms with Crippen LogP contribution in [0.3, 0.4) is 0 Å². The predicted molar refractivity (Wildman–Crippen MR) is 87.7 cm³/mol. The number of rotatable bonds is 9. The summed E-state index contributed by atoms with van der Waals surface area (Å²) in [6.45, 7) is 10.3. The summed E-state index contributed by atoms with van der Waals surface area (Å²) in [5.41, 5.74) is -0.262. The largest absolute Gasteiger partial charge is 0.379 e. The molecule has 0 bridgehead atoms. The minimum absolute atomic E-state index is 0.262. The Morgan fingerprint density at radius 1 is 1.24 bits per heavy atom. The maximum atomic E-state index is 12.7. The quantitative estimate of drug-likeness (QED) is 0.655. The van der Waals surface area contributed by atoms with Crippen LogP contribution < -0.4 is 0 Å². The number of hydrogen-bond acceptors (Lipinski definition) is 4. The fourth-order valence-corrected chi connectivity index (χ4v) is 3.52. The van der Waals surface area contributed by atoms with Gasteiger partial charge < -0.3 is 4.74 Å². The van der Waals surface area contributed by atoms with E-state index in [1.54, 1.807) is 0 Å². The Morgan fingerprint density at radius 2 is 1.81 bits per heavy atom. The summed E-state index contributed by atoms with van der Waals surface area (Å²) in [5.74, 6) is 0.409. The molecule has 0 aliphatic carbocycles. The first-order chi connectivity index (χ1) is 9.97. The van der Waals surface area contributed by atoms with Crippen molar-refractivity contribution in [1.29, 1.82) is 0 Å². The van der Waals surface area contributed by atoms with Gasteiger partial charge in [0.25, 0.3) is 0 Å². The lowest BCUT2D eigenvalue weighted by atomic mass is 9.84. The first kappa shape index (κ1) is 18.6. The molecule has 124 valence electrons. The third kappa shape index (κ3) is 4.76. The van der Waals surface area contributed by atoms with E-state index in [2.05, 4.69) is 30.6 Å². The Balaban J connectivity index is 2.41. The van der Waals surface area contributed by atoms with Crippen molar-refractivity contribution in [2.75, 3.05) is 40.4 Å². The highest BCUT2D eigenvalue weighted by Gasteiger charge is 2.36.